The molecule has 5 heteroatoms. The van der Waals surface area contributed by atoms with Crippen LogP contribution in [0.1, 0.15) is 54.4 Å². The van der Waals surface area contributed by atoms with Crippen LogP contribution in [0.25, 0.3) is 0 Å². The number of amides is 1. The normalized spacial score (nSPS) is 25.7. The van der Waals surface area contributed by atoms with Gasteiger partial charge in [0, 0.05) is 18.7 Å². The summed E-state index contributed by atoms with van der Waals surface area (Å²) in [4.78, 5) is 14.8. The molecule has 5 nitrogen and oxygen atoms in total. The van der Waals surface area contributed by atoms with Crippen LogP contribution in [0.3, 0.4) is 0 Å². The van der Waals surface area contributed by atoms with E-state index >= 15 is 0 Å². The second-order valence-corrected chi connectivity index (χ2v) is 7.53. The second-order valence-electron chi connectivity index (χ2n) is 7.53. The number of likely N-dealkylation sites (tertiary alicyclic amines) is 1. The molecular formula is C20H30N2O3. The lowest BCUT2D eigenvalue weighted by atomic mass is 9.92. The molecule has 25 heavy (non-hydrogen) atoms. The maximum Gasteiger partial charge on any atom is 0.251 e. The fraction of sp³-hybridized carbons (Fsp3) is 0.650. The monoisotopic (exact) mass is 346 g/mol. The number of aliphatic hydroxyl groups excluding tert-OH is 2. The molecule has 3 rings (SSSR count). The van der Waals surface area contributed by atoms with Gasteiger partial charge in [0.05, 0.1) is 12.1 Å². The highest BCUT2D eigenvalue weighted by molar-refractivity contribution is 5.94. The van der Waals surface area contributed by atoms with Crippen LogP contribution in [-0.2, 0) is 6.54 Å². The minimum absolute atomic E-state index is 0.0961. The lowest BCUT2D eigenvalue weighted by molar-refractivity contribution is 0.0717. The standard InChI is InChI=1S/C20H30N2O3/c23-14-16-9-11-22(12-10-16)13-15-5-7-17(8-6-15)20(25)21-18-3-1-2-4-19(18)24/h5-8,16,18-19,23-24H,1-4,9-14H2,(H,21,25)/t18-,19-/m1/s1. The summed E-state index contributed by atoms with van der Waals surface area (Å²) in [6.07, 6.45) is 5.43. The van der Waals surface area contributed by atoms with Gasteiger partial charge in [-0.1, -0.05) is 25.0 Å². The Labute approximate surface area is 150 Å². The van der Waals surface area contributed by atoms with Crippen LogP contribution in [0.4, 0.5) is 0 Å². The van der Waals surface area contributed by atoms with Crippen molar-refractivity contribution in [1.29, 1.82) is 0 Å². The van der Waals surface area contributed by atoms with E-state index in [1.165, 1.54) is 5.56 Å². The Hall–Kier alpha value is -1.43. The minimum atomic E-state index is -0.418. The van der Waals surface area contributed by atoms with Crippen molar-refractivity contribution in [3.8, 4) is 0 Å². The van der Waals surface area contributed by atoms with E-state index < -0.39 is 6.10 Å². The van der Waals surface area contributed by atoms with Crippen molar-refractivity contribution in [1.82, 2.24) is 10.2 Å². The summed E-state index contributed by atoms with van der Waals surface area (Å²) in [5.74, 6) is 0.360. The topological polar surface area (TPSA) is 72.8 Å². The molecule has 2 aliphatic rings. The van der Waals surface area contributed by atoms with Gasteiger partial charge in [0.15, 0.2) is 0 Å². The number of nitrogens with zero attached hydrogens (tertiary/aromatic N) is 1. The molecular weight excluding hydrogens is 316 g/mol. The molecule has 3 N–H and O–H groups in total. The zero-order chi connectivity index (χ0) is 17.6. The molecule has 2 atom stereocenters. The Bertz CT molecular complexity index is 553. The Balaban J connectivity index is 1.50. The van der Waals surface area contributed by atoms with E-state index in [2.05, 4.69) is 10.2 Å². The van der Waals surface area contributed by atoms with Crippen LogP contribution < -0.4 is 5.32 Å². The first-order valence-electron chi connectivity index (χ1n) is 9.57. The number of aliphatic hydroxyl groups is 2. The van der Waals surface area contributed by atoms with E-state index in [1.807, 2.05) is 24.3 Å². The number of carbonyl (C=O) groups is 1. The fourth-order valence-corrected chi connectivity index (χ4v) is 3.88. The molecule has 1 saturated carbocycles. The van der Waals surface area contributed by atoms with Gasteiger partial charge in [-0.3, -0.25) is 9.69 Å². The van der Waals surface area contributed by atoms with Gasteiger partial charge in [-0.2, -0.15) is 0 Å². The number of benzene rings is 1. The summed E-state index contributed by atoms with van der Waals surface area (Å²) < 4.78 is 0. The van der Waals surface area contributed by atoms with E-state index in [-0.39, 0.29) is 11.9 Å². The van der Waals surface area contributed by atoms with Crippen LogP contribution >= 0.6 is 0 Å². The molecule has 0 unspecified atom stereocenters. The zero-order valence-corrected chi connectivity index (χ0v) is 14.9. The van der Waals surface area contributed by atoms with Crippen LogP contribution in [0, 0.1) is 5.92 Å². The molecule has 0 aromatic heterocycles. The predicted octanol–water partition coefficient (Wildman–Crippen LogP) is 1.92. The highest BCUT2D eigenvalue weighted by Gasteiger charge is 2.25. The molecule has 1 heterocycles. The largest absolute Gasteiger partial charge is 0.396 e. The van der Waals surface area contributed by atoms with Gasteiger partial charge < -0.3 is 15.5 Å². The van der Waals surface area contributed by atoms with Crippen LogP contribution in [0.15, 0.2) is 24.3 Å². The Kier molecular flexibility index (Phi) is 6.45. The predicted molar refractivity (Wildman–Crippen MR) is 97.3 cm³/mol. The number of rotatable bonds is 5. The van der Waals surface area contributed by atoms with E-state index in [9.17, 15) is 15.0 Å². The number of piperidine rings is 1. The van der Waals surface area contributed by atoms with E-state index in [0.717, 1.165) is 58.2 Å². The molecule has 0 radical (unpaired) electrons. The van der Waals surface area contributed by atoms with Crippen molar-refractivity contribution < 1.29 is 15.0 Å². The lowest BCUT2D eigenvalue weighted by Crippen LogP contribution is -2.45. The highest BCUT2D eigenvalue weighted by atomic mass is 16.3. The lowest BCUT2D eigenvalue weighted by Gasteiger charge is -2.31. The summed E-state index contributed by atoms with van der Waals surface area (Å²) in [5.41, 5.74) is 1.86. The first kappa shape index (κ1) is 18.4. The first-order valence-corrected chi connectivity index (χ1v) is 9.57. The van der Waals surface area contributed by atoms with Crippen LogP contribution in [0.2, 0.25) is 0 Å². The molecule has 138 valence electrons. The highest BCUT2D eigenvalue weighted by Crippen LogP contribution is 2.20. The van der Waals surface area contributed by atoms with Gasteiger partial charge >= 0.3 is 0 Å². The maximum absolute atomic E-state index is 12.4. The average molecular weight is 346 g/mol. The van der Waals surface area contributed by atoms with Gasteiger partial charge in [0.2, 0.25) is 0 Å². The third-order valence-electron chi connectivity index (χ3n) is 5.63. The summed E-state index contributed by atoms with van der Waals surface area (Å²) in [5, 5.41) is 22.2. The van der Waals surface area contributed by atoms with Gasteiger partial charge in [-0.15, -0.1) is 0 Å². The molecule has 2 fully saturated rings. The Morgan fingerprint density at radius 1 is 1.08 bits per heavy atom. The van der Waals surface area contributed by atoms with Gasteiger partial charge in [0.25, 0.3) is 5.91 Å². The molecule has 1 amide bonds. The van der Waals surface area contributed by atoms with E-state index in [0.29, 0.717) is 18.1 Å². The summed E-state index contributed by atoms with van der Waals surface area (Å²) in [6, 6.07) is 7.67. The zero-order valence-electron chi connectivity index (χ0n) is 14.9. The van der Waals surface area contributed by atoms with Crippen LogP contribution in [-0.4, -0.2) is 52.9 Å². The SMILES string of the molecule is O=C(N[C@@H]1CCCC[C@H]1O)c1ccc(CN2CCC(CO)CC2)cc1. The van der Waals surface area contributed by atoms with Gasteiger partial charge in [-0.25, -0.2) is 0 Å². The summed E-state index contributed by atoms with van der Waals surface area (Å²) >= 11 is 0. The molecule has 1 saturated heterocycles. The van der Waals surface area contributed by atoms with Crippen LogP contribution in [0.5, 0.6) is 0 Å². The van der Waals surface area contributed by atoms with Crippen molar-refractivity contribution in [2.45, 2.75) is 57.2 Å². The minimum Gasteiger partial charge on any atom is -0.396 e. The number of hydrogen-bond acceptors (Lipinski definition) is 4. The first-order chi connectivity index (χ1) is 12.2. The van der Waals surface area contributed by atoms with Gasteiger partial charge in [0.1, 0.15) is 0 Å². The summed E-state index contributed by atoms with van der Waals surface area (Å²) in [7, 11) is 0. The second kappa shape index (κ2) is 8.79. The Morgan fingerprint density at radius 2 is 1.76 bits per heavy atom. The van der Waals surface area contributed by atoms with E-state index in [1.54, 1.807) is 0 Å². The average Bonchev–Trinajstić information content (AvgIpc) is 2.65. The molecule has 1 aromatic rings. The van der Waals surface area contributed by atoms with E-state index in [4.69, 9.17) is 0 Å². The third-order valence-corrected chi connectivity index (χ3v) is 5.63. The molecule has 0 bridgehead atoms. The molecule has 1 aromatic carbocycles. The Morgan fingerprint density at radius 3 is 2.40 bits per heavy atom. The van der Waals surface area contributed by atoms with Crippen molar-refractivity contribution >= 4 is 5.91 Å². The number of nitrogens with one attached hydrogen (secondary N) is 1. The third kappa shape index (κ3) is 5.03. The molecule has 0 spiro atoms. The van der Waals surface area contributed by atoms with Crippen molar-refractivity contribution in [3.05, 3.63) is 35.4 Å². The van der Waals surface area contributed by atoms with Crippen molar-refractivity contribution in [3.63, 3.8) is 0 Å². The quantitative estimate of drug-likeness (QED) is 0.762. The molecule has 1 aliphatic heterocycles. The number of hydrogen-bond donors (Lipinski definition) is 3. The number of carbonyl (C=O) groups excluding carboxylic acids is 1. The fourth-order valence-electron chi connectivity index (χ4n) is 3.88. The molecule has 1 aliphatic carbocycles. The summed E-state index contributed by atoms with van der Waals surface area (Å²) in [6.45, 7) is 3.23. The maximum atomic E-state index is 12.4. The smallest absolute Gasteiger partial charge is 0.251 e. The van der Waals surface area contributed by atoms with Crippen molar-refractivity contribution in [2.24, 2.45) is 5.92 Å². The van der Waals surface area contributed by atoms with Gasteiger partial charge in [-0.05, 0) is 62.4 Å². The van der Waals surface area contributed by atoms with Crippen molar-refractivity contribution in [2.75, 3.05) is 19.7 Å².